The van der Waals surface area contributed by atoms with Crippen LogP contribution < -0.4 is 20.7 Å². The maximum absolute atomic E-state index is 5.88. The molecule has 3 unspecified atom stereocenters. The Balaban J connectivity index is 2.24. The zero-order chi connectivity index (χ0) is 15.2. The lowest BCUT2D eigenvalue weighted by molar-refractivity contribution is 0.207. The molecular weight excluding hydrogens is 264 g/mol. The van der Waals surface area contributed by atoms with Gasteiger partial charge in [0.05, 0.1) is 20.3 Å². The van der Waals surface area contributed by atoms with Gasteiger partial charge in [0.25, 0.3) is 0 Å². The van der Waals surface area contributed by atoms with E-state index in [4.69, 9.17) is 15.3 Å². The van der Waals surface area contributed by atoms with Crippen molar-refractivity contribution in [3.05, 3.63) is 23.8 Å². The first kappa shape index (κ1) is 16.1. The van der Waals surface area contributed by atoms with Crippen molar-refractivity contribution in [1.29, 1.82) is 0 Å². The Morgan fingerprint density at radius 2 is 2.10 bits per heavy atom. The van der Waals surface area contributed by atoms with E-state index in [1.807, 2.05) is 12.1 Å². The number of nitrogens with two attached hydrogens (primary N) is 1. The van der Waals surface area contributed by atoms with E-state index in [-0.39, 0.29) is 6.04 Å². The zero-order valence-corrected chi connectivity index (χ0v) is 13.4. The number of benzene rings is 1. The summed E-state index contributed by atoms with van der Waals surface area (Å²) in [4.78, 5) is 0. The van der Waals surface area contributed by atoms with Gasteiger partial charge in [-0.25, -0.2) is 0 Å². The van der Waals surface area contributed by atoms with Crippen LogP contribution >= 0.6 is 0 Å². The van der Waals surface area contributed by atoms with Gasteiger partial charge in [-0.05, 0) is 30.7 Å². The van der Waals surface area contributed by atoms with E-state index in [1.165, 1.54) is 32.1 Å². The number of hydrogen-bond donors (Lipinski definition) is 2. The van der Waals surface area contributed by atoms with Crippen LogP contribution in [0.15, 0.2) is 18.2 Å². The fraction of sp³-hybridized carbons (Fsp3) is 0.647. The minimum atomic E-state index is 0.139. The second-order valence-electron chi connectivity index (χ2n) is 5.95. The number of methoxy groups -OCH3 is 2. The van der Waals surface area contributed by atoms with Crippen LogP contribution in [-0.4, -0.2) is 14.2 Å². The standard InChI is InChI=1S/C17H28N2O2/c1-4-12-6-5-7-13(10-12)17(19-18)15-9-8-14(20-2)11-16(15)21-3/h8-9,11-13,17,19H,4-7,10,18H2,1-3H3. The van der Waals surface area contributed by atoms with Gasteiger partial charge >= 0.3 is 0 Å². The van der Waals surface area contributed by atoms with E-state index in [2.05, 4.69) is 18.4 Å². The molecule has 0 radical (unpaired) electrons. The molecular formula is C17H28N2O2. The number of rotatable bonds is 6. The second kappa shape index (κ2) is 7.66. The summed E-state index contributed by atoms with van der Waals surface area (Å²) < 4.78 is 10.8. The van der Waals surface area contributed by atoms with Gasteiger partial charge in [-0.2, -0.15) is 0 Å². The Bertz CT molecular complexity index is 450. The van der Waals surface area contributed by atoms with Gasteiger partial charge in [-0.1, -0.05) is 32.3 Å². The highest BCUT2D eigenvalue weighted by Gasteiger charge is 2.30. The van der Waals surface area contributed by atoms with Gasteiger partial charge in [-0.15, -0.1) is 0 Å². The summed E-state index contributed by atoms with van der Waals surface area (Å²) >= 11 is 0. The molecule has 118 valence electrons. The van der Waals surface area contributed by atoms with Crippen LogP contribution in [0.3, 0.4) is 0 Å². The molecule has 3 atom stereocenters. The lowest BCUT2D eigenvalue weighted by Crippen LogP contribution is -2.36. The summed E-state index contributed by atoms with van der Waals surface area (Å²) in [7, 11) is 3.36. The molecule has 3 N–H and O–H groups in total. The minimum Gasteiger partial charge on any atom is -0.497 e. The van der Waals surface area contributed by atoms with Crippen molar-refractivity contribution in [3.63, 3.8) is 0 Å². The Hall–Kier alpha value is -1.26. The Morgan fingerprint density at radius 3 is 2.71 bits per heavy atom. The van der Waals surface area contributed by atoms with Crippen molar-refractivity contribution in [2.24, 2.45) is 17.7 Å². The maximum Gasteiger partial charge on any atom is 0.127 e. The molecule has 1 fully saturated rings. The van der Waals surface area contributed by atoms with Gasteiger partial charge in [0.1, 0.15) is 11.5 Å². The van der Waals surface area contributed by atoms with E-state index >= 15 is 0 Å². The quantitative estimate of drug-likeness (QED) is 0.623. The first-order chi connectivity index (χ1) is 10.2. The third kappa shape index (κ3) is 3.69. The molecule has 1 saturated carbocycles. The maximum atomic E-state index is 5.88. The summed E-state index contributed by atoms with van der Waals surface area (Å²) in [6.45, 7) is 2.28. The van der Waals surface area contributed by atoms with Crippen molar-refractivity contribution >= 4 is 0 Å². The van der Waals surface area contributed by atoms with Crippen molar-refractivity contribution in [2.75, 3.05) is 14.2 Å². The van der Waals surface area contributed by atoms with Gasteiger partial charge in [0.15, 0.2) is 0 Å². The summed E-state index contributed by atoms with van der Waals surface area (Å²) in [5, 5.41) is 0. The highest BCUT2D eigenvalue weighted by molar-refractivity contribution is 5.42. The van der Waals surface area contributed by atoms with Crippen LogP contribution in [0.5, 0.6) is 11.5 Å². The van der Waals surface area contributed by atoms with Crippen LogP contribution in [0.4, 0.5) is 0 Å². The molecule has 2 rings (SSSR count). The van der Waals surface area contributed by atoms with Crippen molar-refractivity contribution in [2.45, 2.75) is 45.1 Å². The van der Waals surface area contributed by atoms with Gasteiger partial charge in [0, 0.05) is 11.6 Å². The molecule has 1 aromatic carbocycles. The number of hydrazine groups is 1. The smallest absolute Gasteiger partial charge is 0.127 e. The zero-order valence-electron chi connectivity index (χ0n) is 13.4. The first-order valence-electron chi connectivity index (χ1n) is 7.91. The molecule has 0 spiro atoms. The van der Waals surface area contributed by atoms with E-state index < -0.39 is 0 Å². The fourth-order valence-corrected chi connectivity index (χ4v) is 3.56. The third-order valence-electron chi connectivity index (χ3n) is 4.83. The normalized spacial score (nSPS) is 23.6. The van der Waals surface area contributed by atoms with Crippen LogP contribution in [0.1, 0.15) is 50.6 Å². The molecule has 1 aliphatic carbocycles. The SMILES string of the molecule is CCC1CCCC(C(NN)c2ccc(OC)cc2OC)C1. The Morgan fingerprint density at radius 1 is 1.29 bits per heavy atom. The first-order valence-corrected chi connectivity index (χ1v) is 7.91. The molecule has 1 aromatic rings. The van der Waals surface area contributed by atoms with Crippen LogP contribution in [0.25, 0.3) is 0 Å². The van der Waals surface area contributed by atoms with Gasteiger partial charge < -0.3 is 9.47 Å². The summed E-state index contributed by atoms with van der Waals surface area (Å²) in [6.07, 6.45) is 6.36. The molecule has 0 amide bonds. The van der Waals surface area contributed by atoms with E-state index in [0.29, 0.717) is 5.92 Å². The molecule has 0 aliphatic heterocycles. The van der Waals surface area contributed by atoms with Crippen molar-refractivity contribution in [1.82, 2.24) is 5.43 Å². The number of hydrogen-bond acceptors (Lipinski definition) is 4. The summed E-state index contributed by atoms with van der Waals surface area (Å²) in [5.41, 5.74) is 4.15. The fourth-order valence-electron chi connectivity index (χ4n) is 3.56. The highest BCUT2D eigenvalue weighted by atomic mass is 16.5. The molecule has 0 heterocycles. The lowest BCUT2D eigenvalue weighted by Gasteiger charge is -2.34. The second-order valence-corrected chi connectivity index (χ2v) is 5.95. The summed E-state index contributed by atoms with van der Waals surface area (Å²) in [5.74, 6) is 8.92. The van der Waals surface area contributed by atoms with Crippen molar-refractivity contribution < 1.29 is 9.47 Å². The van der Waals surface area contributed by atoms with Crippen molar-refractivity contribution in [3.8, 4) is 11.5 Å². The van der Waals surface area contributed by atoms with Gasteiger partial charge in [-0.3, -0.25) is 11.3 Å². The lowest BCUT2D eigenvalue weighted by atomic mass is 9.75. The average Bonchev–Trinajstić information content (AvgIpc) is 2.56. The molecule has 4 heteroatoms. The number of ether oxygens (including phenoxy) is 2. The largest absolute Gasteiger partial charge is 0.497 e. The monoisotopic (exact) mass is 292 g/mol. The number of nitrogens with one attached hydrogen (secondary N) is 1. The molecule has 0 bridgehead atoms. The molecule has 4 nitrogen and oxygen atoms in total. The minimum absolute atomic E-state index is 0.139. The topological polar surface area (TPSA) is 56.5 Å². The molecule has 0 aromatic heterocycles. The Labute approximate surface area is 128 Å². The van der Waals surface area contributed by atoms with Crippen LogP contribution in [0, 0.1) is 11.8 Å². The third-order valence-corrected chi connectivity index (χ3v) is 4.83. The predicted octanol–water partition coefficient (Wildman–Crippen LogP) is 3.42. The van der Waals surface area contributed by atoms with E-state index in [1.54, 1.807) is 14.2 Å². The predicted molar refractivity (Wildman–Crippen MR) is 85.3 cm³/mol. The van der Waals surface area contributed by atoms with E-state index in [9.17, 15) is 0 Å². The van der Waals surface area contributed by atoms with Crippen LogP contribution in [-0.2, 0) is 0 Å². The molecule has 1 aliphatic rings. The summed E-state index contributed by atoms with van der Waals surface area (Å²) in [6, 6.07) is 6.11. The van der Waals surface area contributed by atoms with E-state index in [0.717, 1.165) is 23.0 Å². The molecule has 21 heavy (non-hydrogen) atoms. The Kier molecular flexibility index (Phi) is 5.88. The highest BCUT2D eigenvalue weighted by Crippen LogP contribution is 2.41. The van der Waals surface area contributed by atoms with Gasteiger partial charge in [0.2, 0.25) is 0 Å². The molecule has 0 saturated heterocycles. The van der Waals surface area contributed by atoms with Crippen LogP contribution in [0.2, 0.25) is 0 Å². The average molecular weight is 292 g/mol.